The summed E-state index contributed by atoms with van der Waals surface area (Å²) in [5.41, 5.74) is 12.5. The third kappa shape index (κ3) is 4.64. The van der Waals surface area contributed by atoms with Crippen LogP contribution >= 0.6 is 22.7 Å². The summed E-state index contributed by atoms with van der Waals surface area (Å²) in [6.45, 7) is 0. The van der Waals surface area contributed by atoms with Crippen LogP contribution in [-0.2, 0) is 0 Å². The zero-order valence-corrected chi connectivity index (χ0v) is 32.7. The Morgan fingerprint density at radius 3 is 1.40 bits per heavy atom. The molecule has 0 unspecified atom stereocenters. The molecule has 4 heterocycles. The summed E-state index contributed by atoms with van der Waals surface area (Å²) in [6.07, 6.45) is 0. The van der Waals surface area contributed by atoms with Crippen LogP contribution in [0.1, 0.15) is 0 Å². The second kappa shape index (κ2) is 12.3. The number of rotatable bonds is 4. The van der Waals surface area contributed by atoms with E-state index in [1.54, 1.807) is 0 Å². The molecule has 0 atom stereocenters. The van der Waals surface area contributed by atoms with E-state index in [0.29, 0.717) is 0 Å². The van der Waals surface area contributed by atoms with E-state index in [4.69, 9.17) is 4.42 Å². The second-order valence-electron chi connectivity index (χ2n) is 15.2. The normalized spacial score (nSPS) is 12.1. The Morgan fingerprint density at radius 1 is 0.328 bits per heavy atom. The molecule has 4 heteroatoms. The third-order valence-electron chi connectivity index (χ3n) is 12.0. The largest absolute Gasteiger partial charge is 0.455 e. The van der Waals surface area contributed by atoms with Crippen molar-refractivity contribution in [3.8, 4) is 39.1 Å². The summed E-state index contributed by atoms with van der Waals surface area (Å²) in [5, 5.41) is 10.0. The van der Waals surface area contributed by atoms with Gasteiger partial charge in [0, 0.05) is 84.3 Å². The molecule has 13 rings (SSSR count). The van der Waals surface area contributed by atoms with E-state index >= 15 is 0 Å². The molecule has 2 nitrogen and oxygen atoms in total. The van der Waals surface area contributed by atoms with Gasteiger partial charge in [0.15, 0.2) is 0 Å². The molecule has 270 valence electrons. The first-order chi connectivity index (χ1) is 28.7. The van der Waals surface area contributed by atoms with Crippen molar-refractivity contribution in [2.75, 3.05) is 0 Å². The molecule has 0 saturated heterocycles. The van der Waals surface area contributed by atoms with Gasteiger partial charge in [-0.1, -0.05) is 146 Å². The molecule has 58 heavy (non-hydrogen) atoms. The number of hydrogen-bond acceptors (Lipinski definition) is 3. The van der Waals surface area contributed by atoms with Gasteiger partial charge in [-0.25, -0.2) is 0 Å². The van der Waals surface area contributed by atoms with Gasteiger partial charge in [0.1, 0.15) is 11.2 Å². The molecule has 0 amide bonds. The van der Waals surface area contributed by atoms with Crippen LogP contribution in [0.5, 0.6) is 0 Å². The van der Waals surface area contributed by atoms with Crippen LogP contribution in [0.4, 0.5) is 0 Å². The molecule has 4 aromatic heterocycles. The fourth-order valence-corrected chi connectivity index (χ4v) is 11.7. The molecule has 0 aliphatic rings. The number of aromatic nitrogens is 1. The molecule has 0 spiro atoms. The topological polar surface area (TPSA) is 18.1 Å². The lowest BCUT2D eigenvalue weighted by molar-refractivity contribution is 0.670. The quantitative estimate of drug-likeness (QED) is 0.174. The van der Waals surface area contributed by atoms with Crippen LogP contribution in [0.2, 0.25) is 0 Å². The maximum Gasteiger partial charge on any atom is 0.143 e. The zero-order chi connectivity index (χ0) is 37.9. The number of thiophene rings is 2. The van der Waals surface area contributed by atoms with Crippen molar-refractivity contribution in [2.24, 2.45) is 0 Å². The lowest BCUT2D eigenvalue weighted by atomic mass is 9.99. The molecule has 13 aromatic rings. The molecule has 0 saturated carbocycles. The molecule has 0 N–H and O–H groups in total. The highest BCUT2D eigenvalue weighted by atomic mass is 32.1. The Labute approximate surface area is 341 Å². The van der Waals surface area contributed by atoms with E-state index in [1.165, 1.54) is 84.4 Å². The van der Waals surface area contributed by atoms with Gasteiger partial charge in [0.25, 0.3) is 0 Å². The first-order valence-corrected chi connectivity index (χ1v) is 21.3. The van der Waals surface area contributed by atoms with Crippen molar-refractivity contribution in [2.45, 2.75) is 0 Å². The van der Waals surface area contributed by atoms with E-state index in [9.17, 15) is 0 Å². The molecule has 0 aliphatic carbocycles. The predicted octanol–water partition coefficient (Wildman–Crippen LogP) is 16.4. The van der Waals surface area contributed by atoms with Crippen LogP contribution in [-0.4, -0.2) is 4.57 Å². The highest BCUT2D eigenvalue weighted by Crippen LogP contribution is 2.45. The Balaban J connectivity index is 1.07. The SMILES string of the molecule is c1ccc2c(c1)oc1c(-c3ccc(-n4c5c(-c6ccc7c(c6)sc6ccccc67)cccc5c5cccc(-c6ccc7c(c6)sc6ccccc67)c54)cc3)cccc12. The fraction of sp³-hybridized carbons (Fsp3) is 0. The molecule has 0 fully saturated rings. The van der Waals surface area contributed by atoms with Gasteiger partial charge in [0.05, 0.1) is 11.0 Å². The Hall–Kier alpha value is -6.98. The standard InChI is InChI=1S/C54H31NOS2/c1-4-19-47-39(10-1)46-18-9-15-38(54(46)56-47)32-22-26-35(27-23-32)55-52-36(33-24-28-42-40-11-2-5-20-48(40)57-50(42)30-33)13-7-16-44(52)45-17-8-14-37(53(45)55)34-25-29-43-41-12-3-6-21-49(41)58-51(43)31-34/h1-31H. The number of furan rings is 1. The van der Waals surface area contributed by atoms with Gasteiger partial charge in [0.2, 0.25) is 0 Å². The zero-order valence-electron chi connectivity index (χ0n) is 31.1. The number of fused-ring (bicyclic) bond motifs is 12. The smallest absolute Gasteiger partial charge is 0.143 e. The number of hydrogen-bond donors (Lipinski definition) is 0. The molecular formula is C54H31NOS2. The number of nitrogens with zero attached hydrogens (tertiary/aromatic N) is 1. The summed E-state index contributed by atoms with van der Waals surface area (Å²) in [6, 6.07) is 69.0. The van der Waals surface area contributed by atoms with Crippen LogP contribution < -0.4 is 0 Å². The van der Waals surface area contributed by atoms with Crippen LogP contribution in [0.25, 0.3) is 123 Å². The van der Waals surface area contributed by atoms with E-state index in [2.05, 4.69) is 187 Å². The highest BCUT2D eigenvalue weighted by Gasteiger charge is 2.21. The van der Waals surface area contributed by atoms with E-state index in [-0.39, 0.29) is 0 Å². The number of para-hydroxylation sites is 4. The summed E-state index contributed by atoms with van der Waals surface area (Å²) in [5.74, 6) is 0. The van der Waals surface area contributed by atoms with Gasteiger partial charge in [-0.3, -0.25) is 0 Å². The first kappa shape index (κ1) is 32.1. The van der Waals surface area contributed by atoms with Crippen molar-refractivity contribution in [3.05, 3.63) is 188 Å². The monoisotopic (exact) mass is 773 g/mol. The maximum atomic E-state index is 6.48. The molecule has 0 aliphatic heterocycles. The maximum absolute atomic E-state index is 6.48. The third-order valence-corrected chi connectivity index (χ3v) is 14.3. The molecular weight excluding hydrogens is 743 g/mol. The lowest BCUT2D eigenvalue weighted by Crippen LogP contribution is -1.97. The molecule has 0 radical (unpaired) electrons. The number of benzene rings is 9. The highest BCUT2D eigenvalue weighted by molar-refractivity contribution is 7.26. The Kier molecular flexibility index (Phi) is 6.79. The molecule has 9 aromatic carbocycles. The van der Waals surface area contributed by atoms with Crippen LogP contribution in [0.3, 0.4) is 0 Å². The Bertz CT molecular complexity index is 3630. The average Bonchev–Trinajstić information content (AvgIpc) is 4.05. The van der Waals surface area contributed by atoms with Crippen molar-refractivity contribution in [3.63, 3.8) is 0 Å². The van der Waals surface area contributed by atoms with Crippen LogP contribution in [0, 0.1) is 0 Å². The summed E-state index contributed by atoms with van der Waals surface area (Å²) in [7, 11) is 0. The predicted molar refractivity (Wildman–Crippen MR) is 250 cm³/mol. The summed E-state index contributed by atoms with van der Waals surface area (Å²) >= 11 is 3.74. The Morgan fingerprint density at radius 2 is 0.793 bits per heavy atom. The van der Waals surface area contributed by atoms with Crippen molar-refractivity contribution < 1.29 is 4.42 Å². The van der Waals surface area contributed by atoms with Crippen molar-refractivity contribution >= 4 is 107 Å². The minimum Gasteiger partial charge on any atom is -0.455 e. The van der Waals surface area contributed by atoms with Gasteiger partial charge in [-0.15, -0.1) is 22.7 Å². The van der Waals surface area contributed by atoms with E-state index in [0.717, 1.165) is 38.8 Å². The minimum atomic E-state index is 0.912. The first-order valence-electron chi connectivity index (χ1n) is 19.7. The van der Waals surface area contributed by atoms with Gasteiger partial charge in [-0.2, -0.15) is 0 Å². The van der Waals surface area contributed by atoms with Crippen molar-refractivity contribution in [1.29, 1.82) is 0 Å². The van der Waals surface area contributed by atoms with E-state index in [1.807, 2.05) is 28.7 Å². The minimum absolute atomic E-state index is 0.912. The molecule has 0 bridgehead atoms. The summed E-state index contributed by atoms with van der Waals surface area (Å²) in [4.78, 5) is 0. The van der Waals surface area contributed by atoms with E-state index < -0.39 is 0 Å². The van der Waals surface area contributed by atoms with Gasteiger partial charge < -0.3 is 8.98 Å². The summed E-state index contributed by atoms with van der Waals surface area (Å²) < 4.78 is 14.3. The van der Waals surface area contributed by atoms with Crippen molar-refractivity contribution in [1.82, 2.24) is 4.57 Å². The van der Waals surface area contributed by atoms with Gasteiger partial charge in [-0.05, 0) is 59.2 Å². The van der Waals surface area contributed by atoms with Crippen LogP contribution in [0.15, 0.2) is 192 Å². The van der Waals surface area contributed by atoms with Gasteiger partial charge >= 0.3 is 0 Å². The second-order valence-corrected chi connectivity index (χ2v) is 17.4. The fourth-order valence-electron chi connectivity index (χ4n) is 9.39. The average molecular weight is 774 g/mol. The lowest BCUT2D eigenvalue weighted by Gasteiger charge is -2.15.